The fourth-order valence-electron chi connectivity index (χ4n) is 12.5. The van der Waals surface area contributed by atoms with Crippen LogP contribution >= 0.6 is 11.8 Å². The van der Waals surface area contributed by atoms with Crippen molar-refractivity contribution in [3.8, 4) is 11.5 Å². The third-order valence-corrected chi connectivity index (χ3v) is 24.8. The van der Waals surface area contributed by atoms with Gasteiger partial charge in [-0.2, -0.15) is 0 Å². The molecule has 0 spiro atoms. The van der Waals surface area contributed by atoms with Gasteiger partial charge in [-0.15, -0.1) is 0 Å². The van der Waals surface area contributed by atoms with E-state index in [1.165, 1.54) is 137 Å². The van der Waals surface area contributed by atoms with Gasteiger partial charge in [0.2, 0.25) is 0 Å². The van der Waals surface area contributed by atoms with Crippen molar-refractivity contribution in [3.63, 3.8) is 0 Å². The first kappa shape index (κ1) is 76.9. The molecule has 0 aliphatic carbocycles. The van der Waals surface area contributed by atoms with Crippen LogP contribution in [-0.4, -0.2) is 49.5 Å². The second-order valence-electron chi connectivity index (χ2n) is 27.2. The normalized spacial score (nSPS) is 11.2. The highest BCUT2D eigenvalue weighted by Crippen LogP contribution is 2.32. The number of aryl methyl sites for hydroxylation is 6. The van der Waals surface area contributed by atoms with Gasteiger partial charge >= 0.3 is 0 Å². The molecule has 0 saturated carbocycles. The number of rotatable bonds is 27. The maximum absolute atomic E-state index is 5.84. The number of para-hydroxylation sites is 4. The summed E-state index contributed by atoms with van der Waals surface area (Å²) >= 11 is 1.79. The molecule has 8 heteroatoms. The highest BCUT2D eigenvalue weighted by Gasteiger charge is 2.34. The van der Waals surface area contributed by atoms with Gasteiger partial charge in [0.05, 0.1) is 13.2 Å². The maximum atomic E-state index is 5.84. The highest BCUT2D eigenvalue weighted by molar-refractivity contribution is 7.99. The fraction of sp³-hybridized carbons (Fsp3) is 0.196. The number of ether oxygens (including phenoxy) is 2. The Bertz CT molecular complexity index is 4420. The Morgan fingerprint density at radius 2 is 0.486 bits per heavy atom. The van der Waals surface area contributed by atoms with Gasteiger partial charge in [0.25, 0.3) is 0 Å². The van der Waals surface area contributed by atoms with Crippen LogP contribution in [0.25, 0.3) is 0 Å². The van der Waals surface area contributed by atoms with Crippen LogP contribution in [0.2, 0.25) is 6.55 Å². The molecule has 105 heavy (non-hydrogen) atoms. The lowest BCUT2D eigenvalue weighted by atomic mass is 10.0. The number of nitrogens with zero attached hydrogens (tertiary/aromatic N) is 4. The summed E-state index contributed by atoms with van der Waals surface area (Å²) in [5.74, 6) is 1.83. The third kappa shape index (κ3) is 23.6. The minimum atomic E-state index is -2.06. The summed E-state index contributed by atoms with van der Waals surface area (Å²) in [4.78, 5) is 11.3. The Morgan fingerprint density at radius 1 is 0.248 bits per heavy atom. The Balaban J connectivity index is 0.000000151. The molecule has 0 aliphatic heterocycles. The average Bonchev–Trinajstić information content (AvgIpc) is 0.764. The van der Waals surface area contributed by atoms with E-state index < -0.39 is 8.07 Å². The molecule has 0 fully saturated rings. The smallest absolute Gasteiger partial charge is 0.145 e. The Labute approximate surface area is 633 Å². The molecule has 6 nitrogen and oxygen atoms in total. The average molecular weight is 1420 g/mol. The van der Waals surface area contributed by atoms with Crippen LogP contribution in [0.1, 0.15) is 71.9 Å². The summed E-state index contributed by atoms with van der Waals surface area (Å²) in [5, 5.41) is 4.31. The largest absolute Gasteiger partial charge is 0.494 e. The molecule has 0 radical (unpaired) electrons. The van der Waals surface area contributed by atoms with Crippen LogP contribution in [0.3, 0.4) is 0 Å². The molecule has 0 aliphatic rings. The predicted octanol–water partition coefficient (Wildman–Crippen LogP) is 23.9. The summed E-state index contributed by atoms with van der Waals surface area (Å²) in [5.41, 5.74) is 17.7. The molecule has 13 aromatic rings. The van der Waals surface area contributed by atoms with Crippen LogP contribution in [-0.2, 0) is 12.8 Å². The lowest BCUT2D eigenvalue weighted by molar-refractivity contribution is 0.266. The topological polar surface area (TPSA) is 31.4 Å². The first-order valence-corrected chi connectivity index (χ1v) is 40.4. The minimum Gasteiger partial charge on any atom is -0.494 e. The molecule has 1 atom stereocenters. The standard InChI is InChI=1S/C27H27NSi.C26H31N.C24H27NO2.C20H19NS/c1-22-14-18-26(19-15-22)29(3,25-12-8-5-9-13-25)27-20-16-24(17-21-27)28(2)23-10-6-4-7-11-23;1-22-14-16-23(17-15-22)10-6-3-4-7-11-24-18-20-26(21-19-24)27(2)25-12-8-5-9-13-25;1-20-10-14-23(15-11-20)26-18-6-7-19-27-24-16-12-22(13-17-24)25(2)21-8-4-3-5-9-21;1-16-8-12-19(13-9-16)22-20-14-10-18(11-15-20)21(2)17-6-4-3-5-7-17/h4-21H,1-3H3;5,8-9,12-21H,3-4,6-7,10-11H2,1-2H3;3-5,8-17H,6-7,18-19H2,1-2H3;3-15H,1-2H3. The lowest BCUT2D eigenvalue weighted by Gasteiger charge is -2.30. The van der Waals surface area contributed by atoms with Gasteiger partial charge in [0.15, 0.2) is 0 Å². The van der Waals surface area contributed by atoms with Crippen LogP contribution in [0.4, 0.5) is 45.5 Å². The molecule has 0 aromatic heterocycles. The van der Waals surface area contributed by atoms with Gasteiger partial charge in [-0.3, -0.25) is 0 Å². The summed E-state index contributed by atoms with van der Waals surface area (Å²) in [7, 11) is 6.35. The van der Waals surface area contributed by atoms with Crippen molar-refractivity contribution in [2.24, 2.45) is 0 Å². The summed E-state index contributed by atoms with van der Waals surface area (Å²) < 4.78 is 11.6. The molecule has 0 bridgehead atoms. The highest BCUT2D eigenvalue weighted by atomic mass is 32.2. The predicted molar refractivity (Wildman–Crippen MR) is 456 cm³/mol. The molecular weight excluding hydrogens is 1310 g/mol. The zero-order chi connectivity index (χ0) is 73.4. The van der Waals surface area contributed by atoms with Crippen molar-refractivity contribution in [3.05, 3.63) is 379 Å². The molecule has 0 amide bonds. The second kappa shape index (κ2) is 40.3. The lowest BCUT2D eigenvalue weighted by Crippen LogP contribution is -2.64. The van der Waals surface area contributed by atoms with Crippen LogP contribution < -0.4 is 44.6 Å². The Morgan fingerprint density at radius 3 is 0.848 bits per heavy atom. The SMILES string of the molecule is Cc1ccc(CCCCCCc2ccc(N(C)c3ccccc3)cc2)cc1.Cc1ccc(OCCCCOc2ccc(N(C)c3ccccc3)cc2)cc1.Cc1ccc(Sc2ccc(N(C)c3ccccc3)cc2)cc1.Cc1ccc([Si](C)(c2ccccc2)c2ccc(N(C)c3ccccc3)cc2)cc1. The van der Waals surface area contributed by atoms with E-state index in [0.717, 1.165) is 30.0 Å². The molecule has 0 N–H and O–H groups in total. The fourth-order valence-corrected chi connectivity index (χ4v) is 16.8. The summed E-state index contributed by atoms with van der Waals surface area (Å²) in [6.45, 7) is 12.4. The second-order valence-corrected chi connectivity index (χ2v) is 32.3. The number of hydrogen-bond acceptors (Lipinski definition) is 7. The van der Waals surface area contributed by atoms with E-state index in [4.69, 9.17) is 9.47 Å². The molecule has 13 rings (SSSR count). The monoisotopic (exact) mass is 1420 g/mol. The molecule has 13 aromatic carbocycles. The van der Waals surface area contributed by atoms with E-state index in [-0.39, 0.29) is 0 Å². The van der Waals surface area contributed by atoms with Crippen molar-refractivity contribution >= 4 is 80.9 Å². The van der Waals surface area contributed by atoms with E-state index in [1.54, 1.807) is 11.8 Å². The van der Waals surface area contributed by atoms with Gasteiger partial charge in [0.1, 0.15) is 19.6 Å². The van der Waals surface area contributed by atoms with Gasteiger partial charge < -0.3 is 29.1 Å². The Hall–Kier alpha value is -10.8. The number of unbranched alkanes of at least 4 members (excludes halogenated alkanes) is 4. The zero-order valence-electron chi connectivity index (χ0n) is 63.0. The summed E-state index contributed by atoms with van der Waals surface area (Å²) in [6.07, 6.45) is 9.55. The van der Waals surface area contributed by atoms with Gasteiger partial charge in [-0.05, 0) is 238 Å². The zero-order valence-corrected chi connectivity index (χ0v) is 64.8. The molecular formula is C97H104N4O2SSi. The maximum Gasteiger partial charge on any atom is 0.145 e. The first-order valence-electron chi connectivity index (χ1n) is 37.1. The van der Waals surface area contributed by atoms with Crippen molar-refractivity contribution < 1.29 is 9.47 Å². The number of hydrogen-bond donors (Lipinski definition) is 0. The number of anilines is 8. The molecule has 0 saturated heterocycles. The third-order valence-electron chi connectivity index (χ3n) is 19.3. The van der Waals surface area contributed by atoms with E-state index in [1.807, 2.05) is 48.5 Å². The Kier molecular flexibility index (Phi) is 29.5. The van der Waals surface area contributed by atoms with Gasteiger partial charge in [0, 0.05) is 83.5 Å². The quantitative estimate of drug-likeness (QED) is 0.0288. The van der Waals surface area contributed by atoms with Crippen LogP contribution in [0, 0.1) is 27.7 Å². The van der Waals surface area contributed by atoms with Crippen LogP contribution in [0.15, 0.2) is 356 Å². The summed E-state index contributed by atoms with van der Waals surface area (Å²) in [6, 6.07) is 123. The van der Waals surface area contributed by atoms with Crippen molar-refractivity contribution in [1.82, 2.24) is 0 Å². The van der Waals surface area contributed by atoms with Crippen molar-refractivity contribution in [1.29, 1.82) is 0 Å². The number of benzene rings is 13. The van der Waals surface area contributed by atoms with E-state index in [0.29, 0.717) is 13.2 Å². The van der Waals surface area contributed by atoms with Crippen molar-refractivity contribution in [2.45, 2.75) is 95.4 Å². The van der Waals surface area contributed by atoms with Gasteiger partial charge in [-0.25, -0.2) is 0 Å². The molecule has 1 unspecified atom stereocenters. The van der Waals surface area contributed by atoms with E-state index in [2.05, 4.69) is 379 Å². The van der Waals surface area contributed by atoms with E-state index in [9.17, 15) is 0 Å². The van der Waals surface area contributed by atoms with Crippen LogP contribution in [0.5, 0.6) is 11.5 Å². The molecule has 534 valence electrons. The first-order chi connectivity index (χ1) is 51.2. The molecule has 0 heterocycles. The van der Waals surface area contributed by atoms with Gasteiger partial charge in [-0.1, -0.05) is 254 Å². The van der Waals surface area contributed by atoms with E-state index >= 15 is 0 Å². The van der Waals surface area contributed by atoms with Crippen molar-refractivity contribution in [2.75, 3.05) is 61.0 Å². The minimum absolute atomic E-state index is 0.700.